The first-order valence-corrected chi connectivity index (χ1v) is 11.3. The van der Waals surface area contributed by atoms with Crippen molar-refractivity contribution in [2.24, 2.45) is 17.8 Å². The Kier molecular flexibility index (Phi) is 5.11. The maximum absolute atomic E-state index is 13.1. The van der Waals surface area contributed by atoms with Gasteiger partial charge in [0.2, 0.25) is 0 Å². The summed E-state index contributed by atoms with van der Waals surface area (Å²) in [5.41, 5.74) is 8.21. The molecule has 0 heterocycles. The Morgan fingerprint density at radius 3 is 2.03 bits per heavy atom. The molecule has 0 spiro atoms. The number of hydrogen-bond donors (Lipinski definition) is 1. The van der Waals surface area contributed by atoms with Gasteiger partial charge in [0, 0.05) is 5.56 Å². The first-order chi connectivity index (χ1) is 15.4. The molecule has 0 saturated heterocycles. The van der Waals surface area contributed by atoms with Crippen molar-refractivity contribution in [2.45, 2.75) is 43.9 Å². The molecule has 0 radical (unpaired) electrons. The van der Waals surface area contributed by atoms with Crippen molar-refractivity contribution in [2.75, 3.05) is 20.0 Å². The molecule has 6 rings (SSSR count). The van der Waals surface area contributed by atoms with Crippen LogP contribution in [0.2, 0.25) is 0 Å². The number of ether oxygens (including phenoxy) is 3. The highest BCUT2D eigenvalue weighted by atomic mass is 16.5. The van der Waals surface area contributed by atoms with Gasteiger partial charge in [-0.1, -0.05) is 0 Å². The van der Waals surface area contributed by atoms with Crippen LogP contribution in [-0.4, -0.2) is 26.2 Å². The summed E-state index contributed by atoms with van der Waals surface area (Å²) in [6.07, 6.45) is 7.54. The summed E-state index contributed by atoms with van der Waals surface area (Å²) in [5, 5.41) is 0. The topological polar surface area (TPSA) is 87.9 Å². The zero-order valence-electron chi connectivity index (χ0n) is 18.6. The van der Waals surface area contributed by atoms with E-state index < -0.39 is 11.9 Å². The fraction of sp³-hybridized carbons (Fsp3) is 0.462. The van der Waals surface area contributed by atoms with Gasteiger partial charge in [0.15, 0.2) is 5.75 Å². The molecule has 2 aromatic rings. The molecule has 0 atom stereocenters. The van der Waals surface area contributed by atoms with Crippen LogP contribution in [0.1, 0.15) is 64.8 Å². The van der Waals surface area contributed by atoms with Gasteiger partial charge in [0.25, 0.3) is 0 Å². The van der Waals surface area contributed by atoms with Crippen molar-refractivity contribution in [3.8, 4) is 11.5 Å². The van der Waals surface area contributed by atoms with Gasteiger partial charge in [-0.2, -0.15) is 0 Å². The Morgan fingerprint density at radius 1 is 0.844 bits per heavy atom. The molecule has 4 aliphatic rings. The molecule has 4 fully saturated rings. The second kappa shape index (κ2) is 7.84. The van der Waals surface area contributed by atoms with E-state index in [9.17, 15) is 9.59 Å². The molecule has 32 heavy (non-hydrogen) atoms. The second-order valence-electron chi connectivity index (χ2n) is 9.75. The Bertz CT molecular complexity index is 1040. The molecule has 4 saturated carbocycles. The van der Waals surface area contributed by atoms with Crippen LogP contribution in [0.15, 0.2) is 36.4 Å². The lowest BCUT2D eigenvalue weighted by molar-refractivity contribution is -0.00618. The summed E-state index contributed by atoms with van der Waals surface area (Å²) >= 11 is 0. The third kappa shape index (κ3) is 3.51. The number of carbonyl (C=O) groups is 2. The van der Waals surface area contributed by atoms with Crippen molar-refractivity contribution >= 4 is 17.6 Å². The van der Waals surface area contributed by atoms with Crippen LogP contribution >= 0.6 is 0 Å². The van der Waals surface area contributed by atoms with E-state index in [0.717, 1.165) is 29.1 Å². The summed E-state index contributed by atoms with van der Waals surface area (Å²) in [7, 11) is 2.99. The number of carbonyl (C=O) groups excluding carboxylic acids is 2. The average Bonchev–Trinajstić information content (AvgIpc) is 2.78. The van der Waals surface area contributed by atoms with Crippen LogP contribution < -0.4 is 15.2 Å². The lowest BCUT2D eigenvalue weighted by Gasteiger charge is -2.57. The molecule has 2 N–H and O–H groups in total. The molecule has 2 aromatic carbocycles. The van der Waals surface area contributed by atoms with E-state index in [1.54, 1.807) is 13.2 Å². The van der Waals surface area contributed by atoms with E-state index in [4.69, 9.17) is 19.9 Å². The Balaban J connectivity index is 1.46. The molecular weight excluding hydrogens is 406 g/mol. The molecule has 0 aliphatic heterocycles. The van der Waals surface area contributed by atoms with E-state index >= 15 is 0 Å². The van der Waals surface area contributed by atoms with Crippen LogP contribution in [-0.2, 0) is 10.2 Å². The number of anilines is 1. The third-order valence-electron chi connectivity index (χ3n) is 7.68. The first kappa shape index (κ1) is 20.9. The highest BCUT2D eigenvalue weighted by Crippen LogP contribution is 2.61. The lowest BCUT2D eigenvalue weighted by Crippen LogP contribution is -2.48. The fourth-order valence-electron chi connectivity index (χ4n) is 6.72. The number of methoxy groups -OCH3 is 2. The van der Waals surface area contributed by atoms with Crippen molar-refractivity contribution in [3.63, 3.8) is 0 Å². The predicted molar refractivity (Wildman–Crippen MR) is 120 cm³/mol. The Labute approximate surface area is 188 Å². The van der Waals surface area contributed by atoms with Crippen molar-refractivity contribution in [1.29, 1.82) is 0 Å². The predicted octanol–water partition coefficient (Wildman–Crippen LogP) is 4.75. The molecular formula is C26H29NO5. The van der Waals surface area contributed by atoms with Gasteiger partial charge in [0.1, 0.15) is 5.75 Å². The normalized spacial score (nSPS) is 27.8. The third-order valence-corrected chi connectivity index (χ3v) is 7.68. The van der Waals surface area contributed by atoms with Gasteiger partial charge in [-0.05, 0) is 98.1 Å². The maximum Gasteiger partial charge on any atom is 0.343 e. The first-order valence-electron chi connectivity index (χ1n) is 11.3. The molecule has 4 bridgehead atoms. The summed E-state index contributed by atoms with van der Waals surface area (Å²) < 4.78 is 16.1. The van der Waals surface area contributed by atoms with Gasteiger partial charge in [-0.25, -0.2) is 9.59 Å². The number of nitrogens with two attached hydrogens (primary N) is 1. The average molecular weight is 436 g/mol. The molecule has 0 amide bonds. The molecule has 0 aromatic heterocycles. The van der Waals surface area contributed by atoms with Gasteiger partial charge < -0.3 is 19.9 Å². The van der Waals surface area contributed by atoms with Crippen LogP contribution in [0.5, 0.6) is 11.5 Å². The SMILES string of the molecule is COC(=O)c1ccc(N)c(OC(=O)c2ccc(OC)c(C34CC5CC(CC(C5)C3)C4)c2)c1. The highest BCUT2D eigenvalue weighted by Gasteiger charge is 2.52. The maximum atomic E-state index is 13.1. The molecule has 6 heteroatoms. The summed E-state index contributed by atoms with van der Waals surface area (Å²) in [4.78, 5) is 24.9. The van der Waals surface area contributed by atoms with Gasteiger partial charge in [0.05, 0.1) is 31.0 Å². The number of nitrogen functional groups attached to an aromatic ring is 1. The van der Waals surface area contributed by atoms with Crippen LogP contribution in [0.3, 0.4) is 0 Å². The minimum atomic E-state index is -0.518. The quantitative estimate of drug-likeness (QED) is 0.414. The van der Waals surface area contributed by atoms with Gasteiger partial charge in [-0.3, -0.25) is 0 Å². The number of benzene rings is 2. The monoisotopic (exact) mass is 435 g/mol. The smallest absolute Gasteiger partial charge is 0.343 e. The second-order valence-corrected chi connectivity index (χ2v) is 9.75. The summed E-state index contributed by atoms with van der Waals surface area (Å²) in [6, 6.07) is 10.1. The molecule has 4 aliphatic carbocycles. The van der Waals surface area contributed by atoms with Crippen molar-refractivity contribution in [1.82, 2.24) is 0 Å². The standard InChI is InChI=1S/C26H29NO5/c1-30-22-6-4-18(25(29)32-23-11-19(24(28)31-2)3-5-21(23)27)10-20(22)26-12-15-7-16(13-26)9-17(8-15)14-26/h3-6,10-11,15-17H,7-9,12-14,27H2,1-2H3. The highest BCUT2D eigenvalue weighted by molar-refractivity contribution is 5.94. The van der Waals surface area contributed by atoms with E-state index in [1.165, 1.54) is 63.8 Å². The number of hydrogen-bond acceptors (Lipinski definition) is 6. The van der Waals surface area contributed by atoms with Crippen molar-refractivity contribution < 1.29 is 23.8 Å². The van der Waals surface area contributed by atoms with Gasteiger partial charge >= 0.3 is 11.9 Å². The lowest BCUT2D eigenvalue weighted by atomic mass is 9.48. The Morgan fingerprint density at radius 2 is 1.44 bits per heavy atom. The fourth-order valence-corrected chi connectivity index (χ4v) is 6.72. The Hall–Kier alpha value is -3.02. The number of esters is 2. The summed E-state index contributed by atoms with van der Waals surface area (Å²) in [5.74, 6) is 2.30. The van der Waals surface area contributed by atoms with Gasteiger partial charge in [-0.15, -0.1) is 0 Å². The van der Waals surface area contributed by atoms with E-state index in [-0.39, 0.29) is 22.4 Å². The van der Waals surface area contributed by atoms with E-state index in [2.05, 4.69) is 0 Å². The van der Waals surface area contributed by atoms with Crippen LogP contribution in [0.4, 0.5) is 5.69 Å². The minimum absolute atomic E-state index is 0.0835. The molecule has 168 valence electrons. The van der Waals surface area contributed by atoms with Crippen LogP contribution in [0, 0.1) is 17.8 Å². The molecule has 6 nitrogen and oxygen atoms in total. The van der Waals surface area contributed by atoms with E-state index in [1.807, 2.05) is 12.1 Å². The molecule has 0 unspecified atom stereocenters. The van der Waals surface area contributed by atoms with Crippen molar-refractivity contribution in [3.05, 3.63) is 53.1 Å². The zero-order valence-corrected chi connectivity index (χ0v) is 18.6. The number of rotatable bonds is 5. The minimum Gasteiger partial charge on any atom is -0.496 e. The largest absolute Gasteiger partial charge is 0.496 e. The zero-order chi connectivity index (χ0) is 22.5. The summed E-state index contributed by atoms with van der Waals surface area (Å²) in [6.45, 7) is 0. The van der Waals surface area contributed by atoms with E-state index in [0.29, 0.717) is 5.56 Å². The van der Waals surface area contributed by atoms with Crippen LogP contribution in [0.25, 0.3) is 0 Å².